The fourth-order valence-electron chi connectivity index (χ4n) is 3.16. The minimum atomic E-state index is -1.93. The second-order valence-corrected chi connectivity index (χ2v) is 6.97. The lowest BCUT2D eigenvalue weighted by Gasteiger charge is -2.22. The maximum Gasteiger partial charge on any atom is 0.263 e. The van der Waals surface area contributed by atoms with Gasteiger partial charge in [0, 0.05) is 17.1 Å². The van der Waals surface area contributed by atoms with Crippen molar-refractivity contribution in [2.45, 2.75) is 12.0 Å². The van der Waals surface area contributed by atoms with Crippen LogP contribution in [0.1, 0.15) is 22.3 Å². The Morgan fingerprint density at radius 2 is 1.92 bits per heavy atom. The molecule has 7 heteroatoms. The third kappa shape index (κ3) is 2.87. The molecular formula is C19H18BrNO5. The van der Waals surface area contributed by atoms with Crippen LogP contribution in [-0.2, 0) is 10.4 Å². The molecule has 26 heavy (non-hydrogen) atoms. The molecule has 0 aliphatic carbocycles. The SMILES string of the molecule is COc1ccc(OC)c(C(=O)C[C@]2(O)C(=O)N(C)c3ccc(Br)cc32)c1. The van der Waals surface area contributed by atoms with E-state index in [0.29, 0.717) is 27.2 Å². The number of aliphatic hydroxyl groups is 1. The summed E-state index contributed by atoms with van der Waals surface area (Å²) in [6.07, 6.45) is -0.400. The minimum absolute atomic E-state index is 0.249. The summed E-state index contributed by atoms with van der Waals surface area (Å²) in [7, 11) is 4.52. The van der Waals surface area contributed by atoms with Crippen LogP contribution in [0.15, 0.2) is 40.9 Å². The van der Waals surface area contributed by atoms with Crippen LogP contribution in [0.3, 0.4) is 0 Å². The lowest BCUT2D eigenvalue weighted by Crippen LogP contribution is -2.40. The van der Waals surface area contributed by atoms with Crippen molar-refractivity contribution in [1.29, 1.82) is 0 Å². The van der Waals surface area contributed by atoms with Crippen LogP contribution in [0.2, 0.25) is 0 Å². The molecule has 0 saturated heterocycles. The first-order valence-corrected chi connectivity index (χ1v) is 8.67. The smallest absolute Gasteiger partial charge is 0.263 e. The number of halogens is 1. The molecule has 0 aromatic heterocycles. The van der Waals surface area contributed by atoms with Crippen LogP contribution < -0.4 is 14.4 Å². The standard InChI is InChI=1S/C19H18BrNO5/c1-21-15-6-4-11(20)8-14(15)19(24,18(21)23)10-16(22)13-9-12(25-2)5-7-17(13)26-3/h4-9,24H,10H2,1-3H3/t19-/m1/s1. The molecule has 0 bridgehead atoms. The summed E-state index contributed by atoms with van der Waals surface area (Å²) in [4.78, 5) is 27.0. The molecule has 0 saturated carbocycles. The quantitative estimate of drug-likeness (QED) is 0.753. The predicted molar refractivity (Wildman–Crippen MR) is 99.9 cm³/mol. The first-order valence-electron chi connectivity index (χ1n) is 7.87. The molecule has 0 fully saturated rings. The normalized spacial score (nSPS) is 18.7. The van der Waals surface area contributed by atoms with Crippen molar-refractivity contribution in [1.82, 2.24) is 0 Å². The van der Waals surface area contributed by atoms with Crippen molar-refractivity contribution >= 4 is 33.3 Å². The lowest BCUT2D eigenvalue weighted by molar-refractivity contribution is -0.135. The molecule has 1 aliphatic heterocycles. The van der Waals surface area contributed by atoms with Gasteiger partial charge in [-0.1, -0.05) is 15.9 Å². The largest absolute Gasteiger partial charge is 0.497 e. The number of methoxy groups -OCH3 is 2. The van der Waals surface area contributed by atoms with Crippen LogP contribution in [0.5, 0.6) is 11.5 Å². The molecule has 136 valence electrons. The topological polar surface area (TPSA) is 76.1 Å². The van der Waals surface area contributed by atoms with E-state index in [9.17, 15) is 14.7 Å². The number of anilines is 1. The van der Waals surface area contributed by atoms with Gasteiger partial charge in [-0.25, -0.2) is 0 Å². The Kier molecular flexibility index (Phi) is 4.77. The zero-order valence-corrected chi connectivity index (χ0v) is 16.2. The van der Waals surface area contributed by atoms with Crippen LogP contribution in [-0.4, -0.2) is 38.1 Å². The third-order valence-electron chi connectivity index (χ3n) is 4.55. The second kappa shape index (κ2) is 6.74. The summed E-state index contributed by atoms with van der Waals surface area (Å²) in [5, 5.41) is 11.1. The van der Waals surface area contributed by atoms with Gasteiger partial charge in [-0.2, -0.15) is 0 Å². The van der Waals surface area contributed by atoms with Gasteiger partial charge in [0.1, 0.15) is 11.5 Å². The van der Waals surface area contributed by atoms with Crippen molar-refractivity contribution in [2.75, 3.05) is 26.2 Å². The number of carbonyl (C=O) groups excluding carboxylic acids is 2. The number of fused-ring (bicyclic) bond motifs is 1. The molecule has 2 aromatic rings. The van der Waals surface area contributed by atoms with Gasteiger partial charge < -0.3 is 19.5 Å². The van der Waals surface area contributed by atoms with Gasteiger partial charge in [-0.15, -0.1) is 0 Å². The van der Waals surface area contributed by atoms with E-state index in [1.165, 1.54) is 25.2 Å². The highest BCUT2D eigenvalue weighted by Gasteiger charge is 2.50. The van der Waals surface area contributed by atoms with E-state index < -0.39 is 23.7 Å². The third-order valence-corrected chi connectivity index (χ3v) is 5.04. The molecule has 1 amide bonds. The number of hydrogen-bond acceptors (Lipinski definition) is 5. The highest BCUT2D eigenvalue weighted by Crippen LogP contribution is 2.43. The number of ether oxygens (including phenoxy) is 2. The molecule has 2 aromatic carbocycles. The maximum absolute atomic E-state index is 12.9. The highest BCUT2D eigenvalue weighted by atomic mass is 79.9. The number of benzene rings is 2. The van der Waals surface area contributed by atoms with Crippen molar-refractivity contribution in [2.24, 2.45) is 0 Å². The van der Waals surface area contributed by atoms with E-state index in [1.54, 1.807) is 37.4 Å². The number of nitrogens with zero attached hydrogens (tertiary/aromatic N) is 1. The van der Waals surface area contributed by atoms with Crippen LogP contribution in [0.4, 0.5) is 5.69 Å². The number of likely N-dealkylation sites (N-methyl/N-ethyl adjacent to an activating group) is 1. The summed E-state index contributed by atoms with van der Waals surface area (Å²) in [6.45, 7) is 0. The predicted octanol–water partition coefficient (Wildman–Crippen LogP) is 2.90. The zero-order valence-electron chi connectivity index (χ0n) is 14.6. The van der Waals surface area contributed by atoms with E-state index in [1.807, 2.05) is 0 Å². The molecule has 1 atom stereocenters. The number of carbonyl (C=O) groups is 2. The Balaban J connectivity index is 2.02. The van der Waals surface area contributed by atoms with Crippen LogP contribution >= 0.6 is 15.9 Å². The summed E-state index contributed by atoms with van der Waals surface area (Å²) < 4.78 is 11.1. The first kappa shape index (κ1) is 18.4. The molecule has 0 radical (unpaired) electrons. The Labute approximate surface area is 159 Å². The molecule has 6 nitrogen and oxygen atoms in total. The maximum atomic E-state index is 12.9. The van der Waals surface area contributed by atoms with Gasteiger partial charge in [0.2, 0.25) is 0 Å². The Morgan fingerprint density at radius 1 is 1.19 bits per heavy atom. The van der Waals surface area contributed by atoms with Gasteiger partial charge in [0.05, 0.1) is 31.9 Å². The summed E-state index contributed by atoms with van der Waals surface area (Å²) >= 11 is 3.35. The molecule has 3 rings (SSSR count). The number of ketones is 1. The van der Waals surface area contributed by atoms with Gasteiger partial charge in [-0.05, 0) is 36.4 Å². The minimum Gasteiger partial charge on any atom is -0.497 e. The molecule has 0 spiro atoms. The van der Waals surface area contributed by atoms with Gasteiger partial charge in [0.15, 0.2) is 11.4 Å². The monoisotopic (exact) mass is 419 g/mol. The lowest BCUT2D eigenvalue weighted by atomic mass is 9.88. The van der Waals surface area contributed by atoms with Crippen molar-refractivity contribution in [3.8, 4) is 11.5 Å². The zero-order chi connectivity index (χ0) is 19.1. The number of Topliss-reactive ketones (excluding diaryl/α,β-unsaturated/α-hetero) is 1. The first-order chi connectivity index (χ1) is 12.3. The Morgan fingerprint density at radius 3 is 2.58 bits per heavy atom. The second-order valence-electron chi connectivity index (χ2n) is 6.05. The summed E-state index contributed by atoms with van der Waals surface area (Å²) in [5.74, 6) is -0.120. The van der Waals surface area contributed by atoms with Crippen molar-refractivity contribution in [3.63, 3.8) is 0 Å². The van der Waals surface area contributed by atoms with Crippen LogP contribution in [0, 0.1) is 0 Å². The highest BCUT2D eigenvalue weighted by molar-refractivity contribution is 9.10. The average molecular weight is 420 g/mol. The fourth-order valence-corrected chi connectivity index (χ4v) is 3.53. The van der Waals surface area contributed by atoms with E-state index in [2.05, 4.69) is 15.9 Å². The molecular weight excluding hydrogens is 402 g/mol. The van der Waals surface area contributed by atoms with E-state index in [4.69, 9.17) is 9.47 Å². The summed E-state index contributed by atoms with van der Waals surface area (Å²) in [6, 6.07) is 9.99. The van der Waals surface area contributed by atoms with Crippen molar-refractivity contribution in [3.05, 3.63) is 52.0 Å². The average Bonchev–Trinajstić information content (AvgIpc) is 2.82. The van der Waals surface area contributed by atoms with E-state index >= 15 is 0 Å². The molecule has 1 aliphatic rings. The van der Waals surface area contributed by atoms with Gasteiger partial charge in [-0.3, -0.25) is 9.59 Å². The van der Waals surface area contributed by atoms with Crippen LogP contribution in [0.25, 0.3) is 0 Å². The van der Waals surface area contributed by atoms with Crippen molar-refractivity contribution < 1.29 is 24.2 Å². The number of hydrogen-bond donors (Lipinski definition) is 1. The molecule has 1 heterocycles. The fraction of sp³-hybridized carbons (Fsp3) is 0.263. The Hall–Kier alpha value is -2.38. The summed E-state index contributed by atoms with van der Waals surface area (Å²) in [5.41, 5.74) is -0.709. The Bertz CT molecular complexity index is 897. The van der Waals surface area contributed by atoms with Gasteiger partial charge in [0.25, 0.3) is 5.91 Å². The van der Waals surface area contributed by atoms with E-state index in [0.717, 1.165) is 0 Å². The van der Waals surface area contributed by atoms with E-state index in [-0.39, 0.29) is 5.56 Å². The number of rotatable bonds is 5. The molecule has 0 unspecified atom stereocenters. The van der Waals surface area contributed by atoms with Gasteiger partial charge >= 0.3 is 0 Å². The molecule has 1 N–H and O–H groups in total. The number of amides is 1.